The third-order valence-electron chi connectivity index (χ3n) is 7.82. The number of piperidine rings is 1. The Bertz CT molecular complexity index is 915. The van der Waals surface area contributed by atoms with Gasteiger partial charge in [0.15, 0.2) is 5.76 Å². The molecule has 0 radical (unpaired) electrons. The molecule has 5 nitrogen and oxygen atoms in total. The molecule has 33 heavy (non-hydrogen) atoms. The van der Waals surface area contributed by atoms with Crippen molar-refractivity contribution in [3.05, 3.63) is 54.0 Å². The Morgan fingerprint density at radius 2 is 1.85 bits per heavy atom. The van der Waals surface area contributed by atoms with Gasteiger partial charge in [-0.1, -0.05) is 37.0 Å². The van der Waals surface area contributed by atoms with Crippen molar-refractivity contribution >= 4 is 11.6 Å². The summed E-state index contributed by atoms with van der Waals surface area (Å²) in [6, 6.07) is 14.3. The summed E-state index contributed by atoms with van der Waals surface area (Å²) in [5.74, 6) is 0.342. The minimum Gasteiger partial charge on any atom is -0.459 e. The predicted molar refractivity (Wildman–Crippen MR) is 131 cm³/mol. The summed E-state index contributed by atoms with van der Waals surface area (Å²) in [6.07, 6.45) is 13.0. The van der Waals surface area contributed by atoms with Crippen LogP contribution in [0.3, 0.4) is 0 Å². The Labute approximate surface area is 198 Å². The van der Waals surface area contributed by atoms with E-state index in [1.807, 2.05) is 17.0 Å². The van der Waals surface area contributed by atoms with Gasteiger partial charge in [0.2, 0.25) is 0 Å². The lowest BCUT2D eigenvalue weighted by molar-refractivity contribution is 0.0919. The molecule has 1 aliphatic carbocycles. The van der Waals surface area contributed by atoms with E-state index in [-0.39, 0.29) is 11.9 Å². The van der Waals surface area contributed by atoms with Crippen molar-refractivity contribution in [2.45, 2.75) is 77.2 Å². The molecule has 2 aromatic rings. The number of likely N-dealkylation sites (tertiary alicyclic amines) is 1. The fraction of sp³-hybridized carbons (Fsp3) is 0.571. The number of benzene rings is 1. The highest BCUT2D eigenvalue weighted by Crippen LogP contribution is 2.43. The number of nitrogens with zero attached hydrogens (tertiary/aromatic N) is 3. The summed E-state index contributed by atoms with van der Waals surface area (Å²) in [4.78, 5) is 17.9. The molecule has 0 spiro atoms. The van der Waals surface area contributed by atoms with Gasteiger partial charge >= 0.3 is 0 Å². The fourth-order valence-electron chi connectivity index (χ4n) is 5.76. The summed E-state index contributed by atoms with van der Waals surface area (Å²) in [5, 5.41) is 9.13. The molecule has 2 heterocycles. The standard InChI is InChI=1S/C28H37N3O2/c1-23-8-10-24(11-9-23)31(27(32)26-7-5-22-33-26)25-12-19-30(20-13-25)21-17-28(16-6-18-29)14-3-2-4-15-28/h5,7-11,22,25H,2-4,6,12-17,19-21H2,1H3. The second-order valence-corrected chi connectivity index (χ2v) is 10.0. The minimum absolute atomic E-state index is 0.0556. The third kappa shape index (κ3) is 5.86. The molecule has 176 valence electrons. The molecule has 1 aromatic carbocycles. The zero-order chi connectivity index (χ0) is 23.1. The predicted octanol–water partition coefficient (Wildman–Crippen LogP) is 6.34. The number of aryl methyl sites for hydroxylation is 1. The summed E-state index contributed by atoms with van der Waals surface area (Å²) in [5.41, 5.74) is 2.50. The highest BCUT2D eigenvalue weighted by Gasteiger charge is 2.34. The quantitative estimate of drug-likeness (QED) is 0.473. The van der Waals surface area contributed by atoms with Gasteiger partial charge in [0, 0.05) is 31.2 Å². The Morgan fingerprint density at radius 1 is 1.12 bits per heavy atom. The molecule has 2 aliphatic rings. The summed E-state index contributed by atoms with van der Waals surface area (Å²) < 4.78 is 5.46. The van der Waals surface area contributed by atoms with E-state index in [1.54, 1.807) is 18.4 Å². The van der Waals surface area contributed by atoms with Gasteiger partial charge in [-0.15, -0.1) is 0 Å². The second kappa shape index (κ2) is 11.0. The van der Waals surface area contributed by atoms with Crippen molar-refractivity contribution in [2.75, 3.05) is 24.5 Å². The van der Waals surface area contributed by atoms with Crippen LogP contribution in [0.1, 0.15) is 80.3 Å². The molecule has 1 aliphatic heterocycles. The molecule has 1 amide bonds. The van der Waals surface area contributed by atoms with Crippen LogP contribution >= 0.6 is 0 Å². The third-order valence-corrected chi connectivity index (χ3v) is 7.82. The summed E-state index contributed by atoms with van der Waals surface area (Å²) in [7, 11) is 0. The van der Waals surface area contributed by atoms with Crippen LogP contribution in [-0.2, 0) is 0 Å². The maximum atomic E-state index is 13.3. The molecule has 1 aromatic heterocycles. The first kappa shape index (κ1) is 23.6. The van der Waals surface area contributed by atoms with Gasteiger partial charge in [-0.2, -0.15) is 5.26 Å². The van der Waals surface area contributed by atoms with Crippen molar-refractivity contribution in [1.29, 1.82) is 5.26 Å². The molecular formula is C28H37N3O2. The SMILES string of the molecule is Cc1ccc(N(C(=O)c2ccco2)C2CCN(CCC3(CCC#N)CCCCC3)CC2)cc1. The highest BCUT2D eigenvalue weighted by molar-refractivity contribution is 6.04. The lowest BCUT2D eigenvalue weighted by Crippen LogP contribution is -2.48. The van der Waals surface area contributed by atoms with E-state index in [2.05, 4.69) is 30.0 Å². The number of carbonyl (C=O) groups excluding carboxylic acids is 1. The van der Waals surface area contributed by atoms with Crippen molar-refractivity contribution in [1.82, 2.24) is 4.90 Å². The van der Waals surface area contributed by atoms with Crippen molar-refractivity contribution in [3.63, 3.8) is 0 Å². The van der Waals surface area contributed by atoms with Crippen LogP contribution in [0.25, 0.3) is 0 Å². The Hall–Kier alpha value is -2.58. The minimum atomic E-state index is -0.0556. The number of hydrogen-bond donors (Lipinski definition) is 0. The zero-order valence-electron chi connectivity index (χ0n) is 20.0. The number of hydrogen-bond acceptors (Lipinski definition) is 4. The van der Waals surface area contributed by atoms with Crippen LogP contribution in [0.4, 0.5) is 5.69 Å². The molecular weight excluding hydrogens is 410 g/mol. The van der Waals surface area contributed by atoms with Crippen LogP contribution in [-0.4, -0.2) is 36.5 Å². The van der Waals surface area contributed by atoms with E-state index in [1.165, 1.54) is 44.1 Å². The van der Waals surface area contributed by atoms with Crippen molar-refractivity contribution in [2.24, 2.45) is 5.41 Å². The highest BCUT2D eigenvalue weighted by atomic mass is 16.3. The first-order valence-corrected chi connectivity index (χ1v) is 12.6. The van der Waals surface area contributed by atoms with E-state index in [0.717, 1.165) is 44.6 Å². The van der Waals surface area contributed by atoms with Gasteiger partial charge in [0.05, 0.1) is 12.3 Å². The maximum absolute atomic E-state index is 13.3. The summed E-state index contributed by atoms with van der Waals surface area (Å²) >= 11 is 0. The van der Waals surface area contributed by atoms with E-state index in [0.29, 0.717) is 17.6 Å². The van der Waals surface area contributed by atoms with E-state index >= 15 is 0 Å². The van der Waals surface area contributed by atoms with Gasteiger partial charge in [-0.25, -0.2) is 0 Å². The average molecular weight is 448 g/mol. The largest absolute Gasteiger partial charge is 0.459 e. The normalized spacial score (nSPS) is 19.2. The van der Waals surface area contributed by atoms with Crippen molar-refractivity contribution in [3.8, 4) is 6.07 Å². The lowest BCUT2D eigenvalue weighted by atomic mass is 9.69. The summed E-state index contributed by atoms with van der Waals surface area (Å²) in [6.45, 7) is 5.19. The number of furan rings is 1. The van der Waals surface area contributed by atoms with Crippen LogP contribution in [0.2, 0.25) is 0 Å². The molecule has 1 saturated carbocycles. The Kier molecular flexibility index (Phi) is 7.88. The van der Waals surface area contributed by atoms with Gasteiger partial charge in [0.25, 0.3) is 5.91 Å². The number of nitriles is 1. The Morgan fingerprint density at radius 3 is 2.48 bits per heavy atom. The first-order valence-electron chi connectivity index (χ1n) is 12.6. The van der Waals surface area contributed by atoms with Crippen LogP contribution in [0, 0.1) is 23.7 Å². The van der Waals surface area contributed by atoms with Gasteiger partial charge < -0.3 is 14.2 Å². The maximum Gasteiger partial charge on any atom is 0.294 e. The van der Waals surface area contributed by atoms with Crippen LogP contribution < -0.4 is 4.90 Å². The van der Waals surface area contributed by atoms with Crippen molar-refractivity contribution < 1.29 is 9.21 Å². The topological polar surface area (TPSA) is 60.5 Å². The fourth-order valence-corrected chi connectivity index (χ4v) is 5.76. The lowest BCUT2D eigenvalue weighted by Gasteiger charge is -2.41. The molecule has 0 unspecified atom stereocenters. The van der Waals surface area contributed by atoms with E-state index in [9.17, 15) is 4.79 Å². The molecule has 0 atom stereocenters. The molecule has 5 heteroatoms. The van der Waals surface area contributed by atoms with Gasteiger partial charge in [0.1, 0.15) is 0 Å². The second-order valence-electron chi connectivity index (χ2n) is 10.0. The van der Waals surface area contributed by atoms with Crippen LogP contribution in [0.5, 0.6) is 0 Å². The van der Waals surface area contributed by atoms with E-state index in [4.69, 9.17) is 9.68 Å². The Balaban J connectivity index is 1.39. The van der Waals surface area contributed by atoms with E-state index < -0.39 is 0 Å². The van der Waals surface area contributed by atoms with Crippen LogP contribution in [0.15, 0.2) is 47.1 Å². The monoisotopic (exact) mass is 447 g/mol. The molecule has 2 fully saturated rings. The number of amides is 1. The number of anilines is 1. The molecule has 0 bridgehead atoms. The average Bonchev–Trinajstić information content (AvgIpc) is 3.39. The molecule has 1 saturated heterocycles. The smallest absolute Gasteiger partial charge is 0.294 e. The molecule has 4 rings (SSSR count). The van der Waals surface area contributed by atoms with Gasteiger partial charge in [-0.3, -0.25) is 4.79 Å². The first-order chi connectivity index (χ1) is 16.1. The van der Waals surface area contributed by atoms with Gasteiger partial charge in [-0.05, 0) is 81.7 Å². The number of carbonyl (C=O) groups is 1. The number of rotatable bonds is 8. The molecule has 0 N–H and O–H groups in total. The zero-order valence-corrected chi connectivity index (χ0v) is 20.0.